The minimum atomic E-state index is -4.39. The van der Waals surface area contributed by atoms with Crippen LogP contribution in [0.5, 0.6) is 0 Å². The number of phosphoric ester groups is 1. The third-order valence-electron chi connectivity index (χ3n) is 10.8. The van der Waals surface area contributed by atoms with Crippen LogP contribution in [0.3, 0.4) is 0 Å². The molecule has 0 aromatic heterocycles. The van der Waals surface area contributed by atoms with Gasteiger partial charge in [0.25, 0.3) is 0 Å². The van der Waals surface area contributed by atoms with Gasteiger partial charge in [0.05, 0.1) is 13.2 Å². The average Bonchev–Trinajstić information content (AvgIpc) is 3.30. The molecule has 0 spiro atoms. The fraction of sp³-hybridized carbons (Fsp3) is 0.709. The van der Waals surface area contributed by atoms with E-state index in [2.05, 4.69) is 98.9 Å². The quantitative estimate of drug-likeness (QED) is 0.0265. The maximum Gasteiger partial charge on any atom is 0.472 e. The molecular formula is C55H96NO8P. The average molecular weight is 930 g/mol. The van der Waals surface area contributed by atoms with Crippen LogP contribution in [-0.2, 0) is 32.7 Å². The standard InChI is InChI=1S/C55H96NO8P/c1-3-5-7-9-11-13-15-17-19-20-21-22-23-24-25-26-27-28-29-30-31-32-34-36-38-40-42-44-46-48-55(58)64-53(52-63-65(59,60)62-50-49-56)51-61-54(57)47-45-43-41-39-37-35-33-18-16-14-12-10-8-6-4-2/h5,7,11,13,17-19,21-22,24-25,27-28,33,53H,3-4,6,8-10,12,14-16,20,23,26,29-32,34-52,56H2,1-2H3,(H,59,60)/b7-5-,13-11-,19-17-,22-21-,25-24-,28-27-,33-18-. The summed E-state index contributed by atoms with van der Waals surface area (Å²) in [4.78, 5) is 35.0. The molecule has 0 aromatic carbocycles. The lowest BCUT2D eigenvalue weighted by atomic mass is 10.0. The monoisotopic (exact) mass is 930 g/mol. The lowest BCUT2D eigenvalue weighted by molar-refractivity contribution is -0.161. The zero-order chi connectivity index (χ0) is 47.4. The van der Waals surface area contributed by atoms with E-state index in [0.29, 0.717) is 6.42 Å². The second-order valence-electron chi connectivity index (χ2n) is 17.0. The van der Waals surface area contributed by atoms with Crippen LogP contribution < -0.4 is 5.73 Å². The molecule has 0 radical (unpaired) electrons. The summed E-state index contributed by atoms with van der Waals surface area (Å²) in [5, 5.41) is 0. The highest BCUT2D eigenvalue weighted by Crippen LogP contribution is 2.43. The zero-order valence-electron chi connectivity index (χ0n) is 41.4. The summed E-state index contributed by atoms with van der Waals surface area (Å²) in [6.45, 7) is 3.60. The summed E-state index contributed by atoms with van der Waals surface area (Å²) in [7, 11) is -4.39. The Balaban J connectivity index is 4.04. The molecule has 0 aliphatic heterocycles. The van der Waals surface area contributed by atoms with Crippen LogP contribution in [0.15, 0.2) is 85.1 Å². The molecule has 0 aliphatic carbocycles. The molecule has 2 atom stereocenters. The predicted octanol–water partition coefficient (Wildman–Crippen LogP) is 16.0. The first-order chi connectivity index (χ1) is 31.8. The highest BCUT2D eigenvalue weighted by molar-refractivity contribution is 7.47. The van der Waals surface area contributed by atoms with Crippen LogP contribution in [0.1, 0.15) is 219 Å². The maximum absolute atomic E-state index is 12.7. The number of rotatable bonds is 48. The molecule has 9 nitrogen and oxygen atoms in total. The van der Waals surface area contributed by atoms with E-state index >= 15 is 0 Å². The van der Waals surface area contributed by atoms with E-state index < -0.39 is 32.5 Å². The van der Waals surface area contributed by atoms with E-state index in [-0.39, 0.29) is 32.6 Å². The van der Waals surface area contributed by atoms with Gasteiger partial charge in [0, 0.05) is 19.4 Å². The lowest BCUT2D eigenvalue weighted by Gasteiger charge is -2.19. The number of carbonyl (C=O) groups excluding carboxylic acids is 2. The van der Waals surface area contributed by atoms with Crippen LogP contribution in [0.4, 0.5) is 0 Å². The van der Waals surface area contributed by atoms with Gasteiger partial charge in [-0.25, -0.2) is 4.57 Å². The van der Waals surface area contributed by atoms with Crippen LogP contribution >= 0.6 is 7.82 Å². The SMILES string of the molecule is CC/C=C\C/C=C\C/C=C\C/C=C\C/C=C\C/C=C\CCCCCCCCCCCCC(=O)OC(COC(=O)CCCCCCC/C=C\CCCCCCCC)COP(=O)(O)OCCN. The first kappa shape index (κ1) is 62.2. The van der Waals surface area contributed by atoms with Gasteiger partial charge in [-0.15, -0.1) is 0 Å². The molecule has 0 aliphatic rings. The Morgan fingerprint density at radius 2 is 0.846 bits per heavy atom. The maximum atomic E-state index is 12.7. The van der Waals surface area contributed by atoms with Crippen LogP contribution in [0.25, 0.3) is 0 Å². The Labute approximate surface area is 398 Å². The third-order valence-corrected chi connectivity index (χ3v) is 11.7. The fourth-order valence-electron chi connectivity index (χ4n) is 6.93. The summed E-state index contributed by atoms with van der Waals surface area (Å²) in [6, 6.07) is 0. The molecule has 2 unspecified atom stereocenters. The van der Waals surface area contributed by atoms with E-state index in [1.807, 2.05) is 0 Å². The van der Waals surface area contributed by atoms with E-state index in [9.17, 15) is 19.0 Å². The molecule has 0 fully saturated rings. The van der Waals surface area contributed by atoms with Crippen molar-refractivity contribution in [1.29, 1.82) is 0 Å². The Kier molecular flexibility index (Phi) is 48.4. The second kappa shape index (κ2) is 50.6. The van der Waals surface area contributed by atoms with E-state index in [0.717, 1.165) is 103 Å². The summed E-state index contributed by atoms with van der Waals surface area (Å²) in [5.41, 5.74) is 5.37. The third kappa shape index (κ3) is 50.4. The summed E-state index contributed by atoms with van der Waals surface area (Å²) >= 11 is 0. The first-order valence-corrected chi connectivity index (χ1v) is 27.6. The molecular weight excluding hydrogens is 834 g/mol. The van der Waals surface area contributed by atoms with Crippen molar-refractivity contribution in [3.8, 4) is 0 Å². The number of allylic oxidation sites excluding steroid dienone is 14. The number of esters is 2. The Bertz CT molecular complexity index is 1340. The number of hydrogen-bond donors (Lipinski definition) is 2. The van der Waals surface area contributed by atoms with Gasteiger partial charge in [0.15, 0.2) is 6.10 Å². The molecule has 0 saturated carbocycles. The smallest absolute Gasteiger partial charge is 0.462 e. The normalized spacial score (nSPS) is 13.8. The van der Waals surface area contributed by atoms with Gasteiger partial charge >= 0.3 is 19.8 Å². The van der Waals surface area contributed by atoms with Gasteiger partial charge in [-0.3, -0.25) is 18.6 Å². The van der Waals surface area contributed by atoms with Crippen molar-refractivity contribution in [2.24, 2.45) is 5.73 Å². The summed E-state index contributed by atoms with van der Waals surface area (Å²) in [6.07, 6.45) is 64.8. The highest BCUT2D eigenvalue weighted by atomic mass is 31.2. The van der Waals surface area contributed by atoms with Gasteiger partial charge in [-0.2, -0.15) is 0 Å². The van der Waals surface area contributed by atoms with Crippen molar-refractivity contribution >= 4 is 19.8 Å². The molecule has 0 bridgehead atoms. The van der Waals surface area contributed by atoms with Gasteiger partial charge in [-0.05, 0) is 89.9 Å². The molecule has 0 rings (SSSR count). The number of carbonyl (C=O) groups is 2. The van der Waals surface area contributed by atoms with Crippen molar-refractivity contribution in [2.45, 2.75) is 225 Å². The van der Waals surface area contributed by atoms with Gasteiger partial charge in [-0.1, -0.05) is 202 Å². The molecule has 0 aromatic rings. The first-order valence-electron chi connectivity index (χ1n) is 26.1. The van der Waals surface area contributed by atoms with E-state index in [1.165, 1.54) is 83.5 Å². The number of nitrogens with two attached hydrogens (primary N) is 1. The zero-order valence-corrected chi connectivity index (χ0v) is 42.3. The van der Waals surface area contributed by atoms with E-state index in [4.69, 9.17) is 24.3 Å². The lowest BCUT2D eigenvalue weighted by Crippen LogP contribution is -2.29. The van der Waals surface area contributed by atoms with Gasteiger partial charge in [0.1, 0.15) is 6.61 Å². The molecule has 374 valence electrons. The molecule has 0 amide bonds. The highest BCUT2D eigenvalue weighted by Gasteiger charge is 2.26. The molecule has 0 saturated heterocycles. The van der Waals surface area contributed by atoms with Crippen LogP contribution in [-0.4, -0.2) is 49.3 Å². The largest absolute Gasteiger partial charge is 0.472 e. The Hall–Kier alpha value is -2.81. The predicted molar refractivity (Wildman–Crippen MR) is 275 cm³/mol. The van der Waals surface area contributed by atoms with Crippen molar-refractivity contribution < 1.29 is 37.6 Å². The fourth-order valence-corrected chi connectivity index (χ4v) is 7.69. The second-order valence-corrected chi connectivity index (χ2v) is 18.5. The number of hydrogen-bond acceptors (Lipinski definition) is 8. The Morgan fingerprint density at radius 1 is 0.477 bits per heavy atom. The number of ether oxygens (including phenoxy) is 2. The van der Waals surface area contributed by atoms with Crippen molar-refractivity contribution in [3.05, 3.63) is 85.1 Å². The van der Waals surface area contributed by atoms with Gasteiger partial charge < -0.3 is 20.1 Å². The van der Waals surface area contributed by atoms with Crippen LogP contribution in [0, 0.1) is 0 Å². The van der Waals surface area contributed by atoms with E-state index in [1.54, 1.807) is 0 Å². The van der Waals surface area contributed by atoms with Crippen molar-refractivity contribution in [2.75, 3.05) is 26.4 Å². The topological polar surface area (TPSA) is 134 Å². The van der Waals surface area contributed by atoms with Gasteiger partial charge in [0.2, 0.25) is 0 Å². The van der Waals surface area contributed by atoms with Crippen molar-refractivity contribution in [1.82, 2.24) is 0 Å². The number of phosphoric acid groups is 1. The molecule has 3 N–H and O–H groups in total. The summed E-state index contributed by atoms with van der Waals surface area (Å²) < 4.78 is 32.9. The summed E-state index contributed by atoms with van der Waals surface area (Å²) in [5.74, 6) is -0.845. The number of unbranched alkanes of at least 4 members (excludes halogenated alkanes) is 21. The minimum absolute atomic E-state index is 0.0482. The van der Waals surface area contributed by atoms with Crippen molar-refractivity contribution in [3.63, 3.8) is 0 Å². The molecule has 0 heterocycles. The van der Waals surface area contributed by atoms with Crippen LogP contribution in [0.2, 0.25) is 0 Å². The Morgan fingerprint density at radius 3 is 1.28 bits per heavy atom. The molecule has 10 heteroatoms. The minimum Gasteiger partial charge on any atom is -0.462 e. The molecule has 65 heavy (non-hydrogen) atoms.